The summed E-state index contributed by atoms with van der Waals surface area (Å²) in [5.41, 5.74) is 1.34. The number of halogens is 1. The fraction of sp³-hybridized carbons (Fsp3) is 0.579. The van der Waals surface area contributed by atoms with Crippen molar-refractivity contribution in [3.63, 3.8) is 0 Å². The van der Waals surface area contributed by atoms with Crippen molar-refractivity contribution in [1.29, 1.82) is 0 Å². The highest BCUT2D eigenvalue weighted by Crippen LogP contribution is 2.16. The van der Waals surface area contributed by atoms with Crippen molar-refractivity contribution in [2.75, 3.05) is 5.32 Å². The third-order valence-corrected chi connectivity index (χ3v) is 3.22. The van der Waals surface area contributed by atoms with E-state index in [0.717, 1.165) is 31.2 Å². The number of carbonyl (C=O) groups excluding carboxylic acids is 2. The molecule has 0 unspecified atom stereocenters. The lowest BCUT2D eigenvalue weighted by molar-refractivity contribution is -0.122. The van der Waals surface area contributed by atoms with E-state index in [2.05, 4.69) is 19.2 Å². The second kappa shape index (κ2) is 12.8. The number of unbranched alkanes of at least 4 members (excludes halogenated alkanes) is 2. The predicted octanol–water partition coefficient (Wildman–Crippen LogP) is 5.14. The molecule has 0 aromatic heterocycles. The molecule has 0 aliphatic rings. The number of hydrogen-bond acceptors (Lipinski definition) is 2. The van der Waals surface area contributed by atoms with E-state index in [9.17, 15) is 14.0 Å². The topological polar surface area (TPSA) is 46.2 Å². The van der Waals surface area contributed by atoms with Crippen LogP contribution < -0.4 is 5.32 Å². The summed E-state index contributed by atoms with van der Waals surface area (Å²) < 4.78 is 13.3. The van der Waals surface area contributed by atoms with E-state index in [0.29, 0.717) is 24.3 Å². The maximum Gasteiger partial charge on any atom is 0.211 e. The molecular weight excluding hydrogens is 293 g/mol. The molecule has 0 heterocycles. The Morgan fingerprint density at radius 2 is 1.83 bits per heavy atom. The molecular formula is C19H30FNO2. The number of nitrogens with one attached hydrogen (secondary N) is 1. The van der Waals surface area contributed by atoms with Crippen LogP contribution >= 0.6 is 0 Å². The van der Waals surface area contributed by atoms with Gasteiger partial charge < -0.3 is 5.32 Å². The first-order valence-corrected chi connectivity index (χ1v) is 8.46. The van der Waals surface area contributed by atoms with Crippen LogP contribution in [0.4, 0.5) is 10.1 Å². The highest BCUT2D eigenvalue weighted by molar-refractivity contribution is 5.80. The highest BCUT2D eigenvalue weighted by Gasteiger charge is 2.06. The number of carbonyl (C=O) groups is 2. The summed E-state index contributed by atoms with van der Waals surface area (Å²) in [6.45, 7) is 8.08. The summed E-state index contributed by atoms with van der Waals surface area (Å²) in [6.07, 6.45) is 5.91. The Hall–Kier alpha value is -1.71. The Bertz CT molecular complexity index is 472. The number of aryl methyl sites for hydroxylation is 1. The van der Waals surface area contributed by atoms with Gasteiger partial charge in [-0.1, -0.05) is 40.5 Å². The minimum absolute atomic E-state index is 0.107. The molecule has 0 saturated heterocycles. The van der Waals surface area contributed by atoms with Gasteiger partial charge in [-0.05, 0) is 43.0 Å². The van der Waals surface area contributed by atoms with Gasteiger partial charge in [0.25, 0.3) is 0 Å². The summed E-state index contributed by atoms with van der Waals surface area (Å²) in [6, 6.07) is 4.55. The zero-order chi connectivity index (χ0) is 17.7. The first-order chi connectivity index (χ1) is 10.9. The van der Waals surface area contributed by atoms with Gasteiger partial charge in [-0.3, -0.25) is 9.59 Å². The fourth-order valence-electron chi connectivity index (χ4n) is 2.04. The average Bonchev–Trinajstić information content (AvgIpc) is 2.47. The lowest BCUT2D eigenvalue weighted by atomic mass is 10.0. The van der Waals surface area contributed by atoms with Crippen molar-refractivity contribution >= 4 is 17.9 Å². The van der Waals surface area contributed by atoms with Crippen LogP contribution in [0.3, 0.4) is 0 Å². The molecule has 0 aliphatic heterocycles. The quantitative estimate of drug-likeness (QED) is 0.505. The van der Waals surface area contributed by atoms with Crippen LogP contribution in [0.15, 0.2) is 18.2 Å². The summed E-state index contributed by atoms with van der Waals surface area (Å²) in [5, 5.41) is 2.45. The van der Waals surface area contributed by atoms with Crippen LogP contribution in [0.2, 0.25) is 0 Å². The molecule has 0 saturated carbocycles. The first-order valence-electron chi connectivity index (χ1n) is 8.46. The Labute approximate surface area is 139 Å². The maximum atomic E-state index is 13.3. The van der Waals surface area contributed by atoms with Crippen LogP contribution in [0.1, 0.15) is 65.4 Å². The fourth-order valence-corrected chi connectivity index (χ4v) is 2.04. The Morgan fingerprint density at radius 1 is 1.17 bits per heavy atom. The molecule has 0 spiro atoms. The van der Waals surface area contributed by atoms with E-state index in [1.165, 1.54) is 18.6 Å². The van der Waals surface area contributed by atoms with Crippen molar-refractivity contribution in [3.8, 4) is 0 Å². The summed E-state index contributed by atoms with van der Waals surface area (Å²) in [5.74, 6) is 0.0604. The lowest BCUT2D eigenvalue weighted by Gasteiger charge is -2.06. The van der Waals surface area contributed by atoms with Crippen LogP contribution in [0, 0.1) is 11.7 Å². The smallest absolute Gasteiger partial charge is 0.211 e. The second-order valence-electron chi connectivity index (χ2n) is 6.00. The van der Waals surface area contributed by atoms with Gasteiger partial charge in [-0.15, -0.1) is 0 Å². The first kappa shape index (κ1) is 21.3. The van der Waals surface area contributed by atoms with E-state index in [4.69, 9.17) is 0 Å². The molecule has 1 aromatic carbocycles. The molecule has 0 radical (unpaired) electrons. The third-order valence-electron chi connectivity index (χ3n) is 3.22. The molecule has 1 N–H and O–H groups in total. The van der Waals surface area contributed by atoms with Gasteiger partial charge in [-0.2, -0.15) is 0 Å². The highest BCUT2D eigenvalue weighted by atomic mass is 19.1. The van der Waals surface area contributed by atoms with Crippen LogP contribution in [-0.2, 0) is 16.0 Å². The van der Waals surface area contributed by atoms with Gasteiger partial charge in [-0.25, -0.2) is 4.39 Å². The van der Waals surface area contributed by atoms with Crippen molar-refractivity contribution in [2.45, 2.75) is 66.2 Å². The van der Waals surface area contributed by atoms with Crippen LogP contribution in [0.25, 0.3) is 0 Å². The molecule has 0 bridgehead atoms. The van der Waals surface area contributed by atoms with Gasteiger partial charge in [0.15, 0.2) is 0 Å². The van der Waals surface area contributed by atoms with Crippen molar-refractivity contribution in [3.05, 3.63) is 29.6 Å². The monoisotopic (exact) mass is 323 g/mol. The van der Waals surface area contributed by atoms with Gasteiger partial charge in [0.2, 0.25) is 6.41 Å². The zero-order valence-electron chi connectivity index (χ0n) is 14.8. The molecule has 1 aromatic rings. The largest absolute Gasteiger partial charge is 0.329 e. The Kier molecular flexibility index (Phi) is 11.8. The van der Waals surface area contributed by atoms with Gasteiger partial charge in [0.1, 0.15) is 11.6 Å². The Balaban J connectivity index is 0.00000149. The van der Waals surface area contributed by atoms with Crippen LogP contribution in [-0.4, -0.2) is 12.2 Å². The maximum absolute atomic E-state index is 13.3. The number of anilines is 1. The van der Waals surface area contributed by atoms with E-state index in [-0.39, 0.29) is 11.7 Å². The molecule has 4 heteroatoms. The molecule has 3 nitrogen and oxygen atoms in total. The number of benzene rings is 1. The number of hydrogen-bond donors (Lipinski definition) is 1. The SMILES string of the molecule is CC(C)C(=O)CCCCCc1cc(F)cc(NC=O)c1.CCC. The van der Waals surface area contributed by atoms with Gasteiger partial charge in [0.05, 0.1) is 0 Å². The molecule has 0 aliphatic carbocycles. The average molecular weight is 323 g/mol. The summed E-state index contributed by atoms with van der Waals surface area (Å²) in [7, 11) is 0. The van der Waals surface area contributed by atoms with Gasteiger partial charge in [0, 0.05) is 18.0 Å². The normalized spacial score (nSPS) is 10.0. The molecule has 0 atom stereocenters. The van der Waals surface area contributed by atoms with Crippen molar-refractivity contribution in [1.82, 2.24) is 0 Å². The van der Waals surface area contributed by atoms with Crippen molar-refractivity contribution < 1.29 is 14.0 Å². The van der Waals surface area contributed by atoms with Gasteiger partial charge >= 0.3 is 0 Å². The standard InChI is InChI=1S/C16H22FNO2.C3H8/c1-12(2)16(20)7-5-3-4-6-13-8-14(17)10-15(9-13)18-11-19;1-3-2/h8-12H,3-7H2,1-2H3,(H,18,19);3H2,1-2H3. The lowest BCUT2D eigenvalue weighted by Crippen LogP contribution is -2.06. The zero-order valence-corrected chi connectivity index (χ0v) is 14.8. The van der Waals surface area contributed by atoms with E-state index in [1.54, 1.807) is 6.07 Å². The summed E-state index contributed by atoms with van der Waals surface area (Å²) >= 11 is 0. The predicted molar refractivity (Wildman–Crippen MR) is 94.1 cm³/mol. The molecule has 0 fully saturated rings. The second-order valence-corrected chi connectivity index (χ2v) is 6.00. The van der Waals surface area contributed by atoms with E-state index < -0.39 is 0 Å². The summed E-state index contributed by atoms with van der Waals surface area (Å²) in [4.78, 5) is 21.8. The van der Waals surface area contributed by atoms with E-state index in [1.807, 2.05) is 13.8 Å². The number of Topliss-reactive ketones (excluding diaryl/α,β-unsaturated/α-hetero) is 1. The number of ketones is 1. The minimum atomic E-state index is -0.346. The van der Waals surface area contributed by atoms with E-state index >= 15 is 0 Å². The molecule has 130 valence electrons. The van der Waals surface area contributed by atoms with Crippen molar-refractivity contribution in [2.24, 2.45) is 5.92 Å². The number of rotatable bonds is 9. The number of amides is 1. The molecule has 1 amide bonds. The molecule has 23 heavy (non-hydrogen) atoms. The van der Waals surface area contributed by atoms with Crippen LogP contribution in [0.5, 0.6) is 0 Å². The minimum Gasteiger partial charge on any atom is -0.329 e. The molecule has 1 rings (SSSR count). The Morgan fingerprint density at radius 3 is 2.39 bits per heavy atom. The third kappa shape index (κ3) is 10.6.